The monoisotopic (exact) mass is 286 g/mol. The molecule has 16 heavy (non-hydrogen) atoms. The first-order chi connectivity index (χ1) is 7.67. The molecule has 1 fully saturated rings. The molecule has 0 N–H and O–H groups in total. The Morgan fingerprint density at radius 2 is 2.19 bits per heavy atom. The molecule has 0 bridgehead atoms. The second-order valence-corrected chi connectivity index (χ2v) is 4.30. The summed E-state index contributed by atoms with van der Waals surface area (Å²) in [5.74, 6) is 0.353. The summed E-state index contributed by atoms with van der Waals surface area (Å²) in [6.07, 6.45) is -0.770. The van der Waals surface area contributed by atoms with Crippen LogP contribution >= 0.6 is 15.9 Å². The third kappa shape index (κ3) is 2.05. The predicted octanol–water partition coefficient (Wildman–Crippen LogP) is 2.07. The van der Waals surface area contributed by atoms with Crippen LogP contribution in [0.2, 0.25) is 0 Å². The fourth-order valence-corrected chi connectivity index (χ4v) is 1.95. The number of carbonyl (C=O) groups excluding carboxylic acids is 1. The molecule has 2 rings (SSSR count). The van der Waals surface area contributed by atoms with E-state index in [1.54, 1.807) is 7.11 Å². The number of rotatable bonds is 3. The lowest BCUT2D eigenvalue weighted by Gasteiger charge is -2.06. The van der Waals surface area contributed by atoms with Gasteiger partial charge in [0.2, 0.25) is 0 Å². The number of halogens is 1. The summed E-state index contributed by atoms with van der Waals surface area (Å²) >= 11 is 3.37. The molecule has 0 radical (unpaired) electrons. The van der Waals surface area contributed by atoms with Gasteiger partial charge in [-0.3, -0.25) is 0 Å². The highest BCUT2D eigenvalue weighted by Crippen LogP contribution is 2.44. The van der Waals surface area contributed by atoms with E-state index in [9.17, 15) is 4.79 Å². The average molecular weight is 287 g/mol. The first kappa shape index (κ1) is 11.4. The Morgan fingerprint density at radius 3 is 2.81 bits per heavy atom. The van der Waals surface area contributed by atoms with Gasteiger partial charge in [0.25, 0.3) is 0 Å². The molecule has 4 nitrogen and oxygen atoms in total. The standard InChI is InChI=1S/C11H11BrO4/c1-14-8-4-3-6(12)5-7(8)9-10(16-9)11(13)15-2/h3-5,9-10H,1-2H3. The van der Waals surface area contributed by atoms with E-state index in [0.717, 1.165) is 10.0 Å². The van der Waals surface area contributed by atoms with Gasteiger partial charge < -0.3 is 14.2 Å². The van der Waals surface area contributed by atoms with Crippen LogP contribution in [-0.4, -0.2) is 26.3 Å². The van der Waals surface area contributed by atoms with Crippen molar-refractivity contribution in [3.05, 3.63) is 28.2 Å². The Labute approximate surface area is 102 Å². The molecule has 1 aromatic rings. The third-order valence-electron chi connectivity index (χ3n) is 2.42. The van der Waals surface area contributed by atoms with Crippen molar-refractivity contribution in [2.45, 2.75) is 12.2 Å². The molecule has 1 aliphatic heterocycles. The summed E-state index contributed by atoms with van der Waals surface area (Å²) in [5, 5.41) is 0. The molecular weight excluding hydrogens is 276 g/mol. The summed E-state index contributed by atoms with van der Waals surface area (Å²) in [6, 6.07) is 5.58. The molecule has 0 aromatic heterocycles. The van der Waals surface area contributed by atoms with Crippen LogP contribution in [0.4, 0.5) is 0 Å². The highest BCUT2D eigenvalue weighted by atomic mass is 79.9. The average Bonchev–Trinajstić information content (AvgIpc) is 3.08. The molecule has 5 heteroatoms. The fraction of sp³-hybridized carbons (Fsp3) is 0.364. The summed E-state index contributed by atoms with van der Waals surface area (Å²) in [6.45, 7) is 0. The number of epoxide rings is 1. The molecule has 0 amide bonds. The molecule has 1 heterocycles. The van der Waals surface area contributed by atoms with Gasteiger partial charge in [0, 0.05) is 10.0 Å². The zero-order valence-electron chi connectivity index (χ0n) is 8.90. The number of methoxy groups -OCH3 is 2. The maximum atomic E-state index is 11.2. The summed E-state index contributed by atoms with van der Waals surface area (Å²) in [7, 11) is 2.93. The molecular formula is C11H11BrO4. The lowest BCUT2D eigenvalue weighted by atomic mass is 10.1. The van der Waals surface area contributed by atoms with Gasteiger partial charge in [-0.2, -0.15) is 0 Å². The number of carbonyl (C=O) groups is 1. The summed E-state index contributed by atoms with van der Waals surface area (Å²) in [5.41, 5.74) is 0.854. The second kappa shape index (κ2) is 4.43. The smallest absolute Gasteiger partial charge is 0.338 e. The maximum Gasteiger partial charge on any atom is 0.338 e. The van der Waals surface area contributed by atoms with Crippen molar-refractivity contribution in [2.24, 2.45) is 0 Å². The van der Waals surface area contributed by atoms with Crippen molar-refractivity contribution in [1.82, 2.24) is 0 Å². The van der Waals surface area contributed by atoms with Gasteiger partial charge in [0.15, 0.2) is 6.10 Å². The van der Waals surface area contributed by atoms with Crippen molar-refractivity contribution in [2.75, 3.05) is 14.2 Å². The third-order valence-corrected chi connectivity index (χ3v) is 2.92. The van der Waals surface area contributed by atoms with E-state index in [4.69, 9.17) is 9.47 Å². The quantitative estimate of drug-likeness (QED) is 0.630. The molecule has 0 aliphatic carbocycles. The number of ether oxygens (including phenoxy) is 3. The summed E-state index contributed by atoms with van der Waals surface area (Å²) in [4.78, 5) is 11.2. The minimum Gasteiger partial charge on any atom is -0.496 e. The van der Waals surface area contributed by atoms with Crippen LogP contribution < -0.4 is 4.74 Å². The van der Waals surface area contributed by atoms with E-state index >= 15 is 0 Å². The number of hydrogen-bond acceptors (Lipinski definition) is 4. The first-order valence-electron chi connectivity index (χ1n) is 4.74. The summed E-state index contributed by atoms with van der Waals surface area (Å²) < 4.78 is 16.0. The van der Waals surface area contributed by atoms with Gasteiger partial charge in [-0.25, -0.2) is 4.79 Å². The Kier molecular flexibility index (Phi) is 3.16. The second-order valence-electron chi connectivity index (χ2n) is 3.39. The van der Waals surface area contributed by atoms with Crippen molar-refractivity contribution in [3.8, 4) is 5.75 Å². The normalized spacial score (nSPS) is 22.7. The Morgan fingerprint density at radius 1 is 1.44 bits per heavy atom. The van der Waals surface area contributed by atoms with Gasteiger partial charge in [0.1, 0.15) is 11.9 Å². The van der Waals surface area contributed by atoms with Gasteiger partial charge in [0.05, 0.1) is 14.2 Å². The SMILES string of the molecule is COC(=O)C1OC1c1cc(Br)ccc1OC. The fourth-order valence-electron chi connectivity index (χ4n) is 1.57. The molecule has 0 spiro atoms. The van der Waals surface area contributed by atoms with Crippen molar-refractivity contribution >= 4 is 21.9 Å². The van der Waals surface area contributed by atoms with E-state index in [1.807, 2.05) is 18.2 Å². The van der Waals surface area contributed by atoms with Gasteiger partial charge in [-0.1, -0.05) is 15.9 Å². The highest BCUT2D eigenvalue weighted by Gasteiger charge is 2.48. The largest absolute Gasteiger partial charge is 0.496 e. The van der Waals surface area contributed by atoms with E-state index in [2.05, 4.69) is 20.7 Å². The van der Waals surface area contributed by atoms with Crippen LogP contribution in [0.25, 0.3) is 0 Å². The molecule has 1 aromatic carbocycles. The van der Waals surface area contributed by atoms with Crippen LogP contribution in [0, 0.1) is 0 Å². The van der Waals surface area contributed by atoms with Crippen LogP contribution in [-0.2, 0) is 14.3 Å². The molecule has 0 saturated carbocycles. The van der Waals surface area contributed by atoms with Crippen molar-refractivity contribution in [1.29, 1.82) is 0 Å². The van der Waals surface area contributed by atoms with E-state index in [1.165, 1.54) is 7.11 Å². The Balaban J connectivity index is 2.22. The minimum atomic E-state index is -0.506. The van der Waals surface area contributed by atoms with Gasteiger partial charge in [-0.15, -0.1) is 0 Å². The number of hydrogen-bond donors (Lipinski definition) is 0. The van der Waals surface area contributed by atoms with Gasteiger partial charge in [-0.05, 0) is 18.2 Å². The molecule has 1 saturated heterocycles. The Bertz CT molecular complexity index is 418. The van der Waals surface area contributed by atoms with Crippen LogP contribution in [0.3, 0.4) is 0 Å². The lowest BCUT2D eigenvalue weighted by molar-refractivity contribution is -0.142. The lowest BCUT2D eigenvalue weighted by Crippen LogP contribution is -2.09. The predicted molar refractivity (Wildman–Crippen MR) is 60.3 cm³/mol. The van der Waals surface area contributed by atoms with E-state index in [-0.39, 0.29) is 12.1 Å². The Hall–Kier alpha value is -1.07. The molecule has 2 unspecified atom stereocenters. The maximum absolute atomic E-state index is 11.2. The topological polar surface area (TPSA) is 48.1 Å². The van der Waals surface area contributed by atoms with Crippen molar-refractivity contribution < 1.29 is 19.0 Å². The van der Waals surface area contributed by atoms with Crippen LogP contribution in [0.5, 0.6) is 5.75 Å². The first-order valence-corrected chi connectivity index (χ1v) is 5.53. The molecule has 1 aliphatic rings. The number of benzene rings is 1. The molecule has 2 atom stereocenters. The van der Waals surface area contributed by atoms with E-state index in [0.29, 0.717) is 5.75 Å². The number of esters is 1. The minimum absolute atomic E-state index is 0.264. The van der Waals surface area contributed by atoms with Crippen LogP contribution in [0.1, 0.15) is 11.7 Å². The molecule has 86 valence electrons. The van der Waals surface area contributed by atoms with Gasteiger partial charge >= 0.3 is 5.97 Å². The van der Waals surface area contributed by atoms with E-state index < -0.39 is 6.10 Å². The highest BCUT2D eigenvalue weighted by molar-refractivity contribution is 9.10. The van der Waals surface area contributed by atoms with Crippen LogP contribution in [0.15, 0.2) is 22.7 Å². The zero-order chi connectivity index (χ0) is 11.7. The van der Waals surface area contributed by atoms with Crippen molar-refractivity contribution in [3.63, 3.8) is 0 Å². The zero-order valence-corrected chi connectivity index (χ0v) is 10.5.